The van der Waals surface area contributed by atoms with Crippen LogP contribution in [0.4, 0.5) is 0 Å². The van der Waals surface area contributed by atoms with E-state index in [1.54, 1.807) is 0 Å². The molecule has 0 N–H and O–H groups in total. The molecule has 4 aromatic rings. The lowest BCUT2D eigenvalue weighted by atomic mass is 9.98. The minimum atomic E-state index is 0.684. The molecule has 0 radical (unpaired) electrons. The van der Waals surface area contributed by atoms with Gasteiger partial charge in [0.25, 0.3) is 0 Å². The third-order valence-corrected chi connectivity index (χ3v) is 9.10. The van der Waals surface area contributed by atoms with Crippen LogP contribution in [-0.4, -0.2) is 0 Å². The first kappa shape index (κ1) is 24.9. The summed E-state index contributed by atoms with van der Waals surface area (Å²) in [5.41, 5.74) is 8.58. The Kier molecular flexibility index (Phi) is 8.31. The molecular weight excluding hydrogens is 860 g/mol. The standard InChI is InChI=1S/C27H14I4N2/c28-24-12-18(22-7-1-16(14-32)9-26(22)30)3-5-20(24)11-21-6-4-19(13-25(21)29)23-8-2-17(15-33)10-27(23)31/h1-10,12-13H,11H2. The third kappa shape index (κ3) is 5.72. The fourth-order valence-electron chi connectivity index (χ4n) is 3.56. The Labute approximate surface area is 248 Å². The topological polar surface area (TPSA) is 47.6 Å². The maximum atomic E-state index is 9.12. The fourth-order valence-corrected chi connectivity index (χ4v) is 6.62. The molecule has 0 saturated carbocycles. The lowest BCUT2D eigenvalue weighted by Gasteiger charge is -2.12. The second-order valence-electron chi connectivity index (χ2n) is 7.40. The molecule has 33 heavy (non-hydrogen) atoms. The highest BCUT2D eigenvalue weighted by molar-refractivity contribution is 14.1. The van der Waals surface area contributed by atoms with Gasteiger partial charge in [-0.25, -0.2) is 0 Å². The van der Waals surface area contributed by atoms with E-state index in [2.05, 4.69) is 139 Å². The molecule has 0 aliphatic carbocycles. The summed E-state index contributed by atoms with van der Waals surface area (Å²) in [5, 5.41) is 18.2. The van der Waals surface area contributed by atoms with Gasteiger partial charge in [0.2, 0.25) is 0 Å². The van der Waals surface area contributed by atoms with E-state index in [4.69, 9.17) is 10.5 Å². The number of nitriles is 2. The smallest absolute Gasteiger partial charge is 0.0991 e. The summed E-state index contributed by atoms with van der Waals surface area (Å²) in [4.78, 5) is 0. The molecule has 0 unspecified atom stereocenters. The lowest BCUT2D eigenvalue weighted by molar-refractivity contribution is 1.16. The van der Waals surface area contributed by atoms with Crippen LogP contribution in [0.1, 0.15) is 22.3 Å². The monoisotopic (exact) mass is 874 g/mol. The van der Waals surface area contributed by atoms with Crippen molar-refractivity contribution in [2.24, 2.45) is 0 Å². The average molecular weight is 874 g/mol. The van der Waals surface area contributed by atoms with Crippen LogP contribution in [0, 0.1) is 36.9 Å². The third-order valence-electron chi connectivity index (χ3n) is 5.31. The van der Waals surface area contributed by atoms with Gasteiger partial charge in [-0.15, -0.1) is 0 Å². The first-order valence-corrected chi connectivity index (χ1v) is 14.2. The number of nitrogens with zero attached hydrogens (tertiary/aromatic N) is 2. The predicted octanol–water partition coefficient (Wildman–Crippen LogP) is 8.77. The zero-order chi connectivity index (χ0) is 23.5. The van der Waals surface area contributed by atoms with E-state index < -0.39 is 0 Å². The molecular formula is C27H14I4N2. The predicted molar refractivity (Wildman–Crippen MR) is 167 cm³/mol. The van der Waals surface area contributed by atoms with Crippen molar-refractivity contribution >= 4 is 90.4 Å². The van der Waals surface area contributed by atoms with Crippen molar-refractivity contribution in [2.75, 3.05) is 0 Å². The van der Waals surface area contributed by atoms with Crippen molar-refractivity contribution in [2.45, 2.75) is 6.42 Å². The van der Waals surface area contributed by atoms with Gasteiger partial charge in [-0.05, 0) is 167 Å². The molecule has 0 saturated heterocycles. The van der Waals surface area contributed by atoms with Crippen molar-refractivity contribution in [1.82, 2.24) is 0 Å². The van der Waals surface area contributed by atoms with E-state index >= 15 is 0 Å². The molecule has 4 aromatic carbocycles. The van der Waals surface area contributed by atoms with Gasteiger partial charge < -0.3 is 0 Å². The molecule has 160 valence electrons. The first-order chi connectivity index (χ1) is 15.9. The quantitative estimate of drug-likeness (QED) is 0.193. The summed E-state index contributed by atoms with van der Waals surface area (Å²) in [6.45, 7) is 0. The second kappa shape index (κ2) is 11.0. The van der Waals surface area contributed by atoms with Crippen LogP contribution in [0.5, 0.6) is 0 Å². The number of hydrogen-bond donors (Lipinski definition) is 0. The van der Waals surface area contributed by atoms with Gasteiger partial charge in [-0.2, -0.15) is 10.5 Å². The van der Waals surface area contributed by atoms with Crippen LogP contribution in [0.25, 0.3) is 22.3 Å². The maximum Gasteiger partial charge on any atom is 0.0991 e. The Balaban J connectivity index is 1.60. The Morgan fingerprint density at radius 2 is 0.939 bits per heavy atom. The minimum absolute atomic E-state index is 0.684. The molecule has 6 heteroatoms. The van der Waals surface area contributed by atoms with Crippen LogP contribution >= 0.6 is 90.4 Å². The zero-order valence-electron chi connectivity index (χ0n) is 17.0. The molecule has 0 aliphatic heterocycles. The van der Waals surface area contributed by atoms with Crippen molar-refractivity contribution in [3.63, 3.8) is 0 Å². The van der Waals surface area contributed by atoms with E-state index in [9.17, 15) is 0 Å². The molecule has 0 amide bonds. The molecule has 0 atom stereocenters. The van der Waals surface area contributed by atoms with Crippen LogP contribution in [0.2, 0.25) is 0 Å². The summed E-state index contributed by atoms with van der Waals surface area (Å²) in [5.74, 6) is 0. The molecule has 0 heterocycles. The maximum absolute atomic E-state index is 9.12. The van der Waals surface area contributed by atoms with E-state index in [-0.39, 0.29) is 0 Å². The van der Waals surface area contributed by atoms with E-state index in [1.165, 1.54) is 18.3 Å². The number of halogens is 4. The minimum Gasteiger partial charge on any atom is -0.192 e. The van der Waals surface area contributed by atoms with Crippen molar-refractivity contribution in [1.29, 1.82) is 10.5 Å². The second-order valence-corrected chi connectivity index (χ2v) is 12.1. The molecule has 0 spiro atoms. The summed E-state index contributed by atoms with van der Waals surface area (Å²) in [6.07, 6.45) is 0.867. The van der Waals surface area contributed by atoms with Gasteiger partial charge in [0.05, 0.1) is 23.3 Å². The fraction of sp³-hybridized carbons (Fsp3) is 0.0370. The number of rotatable bonds is 4. The molecule has 0 bridgehead atoms. The molecule has 0 aromatic heterocycles. The van der Waals surface area contributed by atoms with Crippen molar-refractivity contribution in [3.05, 3.63) is 109 Å². The number of benzene rings is 4. The Hall–Kier alpha value is -1.22. The highest BCUT2D eigenvalue weighted by Gasteiger charge is 2.11. The Bertz CT molecular complexity index is 1350. The lowest BCUT2D eigenvalue weighted by Crippen LogP contribution is -1.96. The molecule has 2 nitrogen and oxygen atoms in total. The summed E-state index contributed by atoms with van der Waals surface area (Å²) < 4.78 is 4.62. The average Bonchev–Trinajstić information content (AvgIpc) is 2.81. The molecule has 0 aliphatic rings. The van der Waals surface area contributed by atoms with E-state index in [1.807, 2.05) is 36.4 Å². The van der Waals surface area contributed by atoms with Gasteiger partial charge in [0.1, 0.15) is 0 Å². The summed E-state index contributed by atoms with van der Waals surface area (Å²) >= 11 is 9.44. The van der Waals surface area contributed by atoms with Gasteiger partial charge in [0, 0.05) is 14.3 Å². The van der Waals surface area contributed by atoms with Crippen molar-refractivity contribution in [3.8, 4) is 34.4 Å². The van der Waals surface area contributed by atoms with Gasteiger partial charge in [-0.1, -0.05) is 36.4 Å². The van der Waals surface area contributed by atoms with Crippen molar-refractivity contribution < 1.29 is 0 Å². The first-order valence-electron chi connectivity index (χ1n) is 9.86. The summed E-state index contributed by atoms with van der Waals surface area (Å²) in [6, 6.07) is 29.2. The molecule has 0 fully saturated rings. The highest BCUT2D eigenvalue weighted by atomic mass is 127. The number of hydrogen-bond acceptors (Lipinski definition) is 2. The Morgan fingerprint density at radius 1 is 0.515 bits per heavy atom. The van der Waals surface area contributed by atoms with Crippen LogP contribution < -0.4 is 0 Å². The van der Waals surface area contributed by atoms with Crippen LogP contribution in [0.15, 0.2) is 72.8 Å². The summed E-state index contributed by atoms with van der Waals surface area (Å²) in [7, 11) is 0. The van der Waals surface area contributed by atoms with Crippen LogP contribution in [-0.2, 0) is 6.42 Å². The Morgan fingerprint density at radius 3 is 1.27 bits per heavy atom. The highest BCUT2D eigenvalue weighted by Crippen LogP contribution is 2.32. The normalized spacial score (nSPS) is 10.5. The SMILES string of the molecule is N#Cc1ccc(-c2ccc(Cc3ccc(-c4ccc(C#N)cc4I)cc3I)c(I)c2)c(I)c1. The van der Waals surface area contributed by atoms with Gasteiger partial charge >= 0.3 is 0 Å². The largest absolute Gasteiger partial charge is 0.192 e. The van der Waals surface area contributed by atoms with E-state index in [0.29, 0.717) is 11.1 Å². The van der Waals surface area contributed by atoms with E-state index in [0.717, 1.165) is 35.8 Å². The zero-order valence-corrected chi connectivity index (χ0v) is 25.7. The van der Waals surface area contributed by atoms with Gasteiger partial charge in [-0.3, -0.25) is 0 Å². The van der Waals surface area contributed by atoms with Crippen LogP contribution in [0.3, 0.4) is 0 Å². The molecule has 4 rings (SSSR count). The van der Waals surface area contributed by atoms with Gasteiger partial charge in [0.15, 0.2) is 0 Å².